The Balaban J connectivity index is 2.67. The number of hydrogen-bond acceptors (Lipinski definition) is 4. The molecule has 1 saturated carbocycles. The molecule has 2 rings (SSSR count). The summed E-state index contributed by atoms with van der Waals surface area (Å²) in [6, 6.07) is 1.70. The maximum Gasteiger partial charge on any atom is 0.167 e. The molecule has 0 saturated heterocycles. The van der Waals surface area contributed by atoms with E-state index in [1.54, 1.807) is 27.4 Å². The first-order valence-corrected chi connectivity index (χ1v) is 5.73. The molecule has 1 aromatic rings. The highest BCUT2D eigenvalue weighted by Crippen LogP contribution is 2.54. The molecule has 5 heteroatoms. The van der Waals surface area contributed by atoms with E-state index >= 15 is 0 Å². The van der Waals surface area contributed by atoms with Crippen LogP contribution in [0.5, 0.6) is 17.2 Å². The van der Waals surface area contributed by atoms with E-state index in [0.717, 1.165) is 18.4 Å². The largest absolute Gasteiger partial charge is 0.495 e. The highest BCUT2D eigenvalue weighted by Gasteiger charge is 2.45. The molecular formula is C12H16ClNO3. The normalized spacial score (nSPS) is 16.5. The Morgan fingerprint density at radius 1 is 1.12 bits per heavy atom. The minimum Gasteiger partial charge on any atom is -0.495 e. The number of halogens is 1. The van der Waals surface area contributed by atoms with E-state index in [-0.39, 0.29) is 0 Å². The Kier molecular flexibility index (Phi) is 3.10. The summed E-state index contributed by atoms with van der Waals surface area (Å²) < 4.78 is 15.9. The highest BCUT2D eigenvalue weighted by molar-refractivity contribution is 6.33. The zero-order chi connectivity index (χ0) is 12.6. The molecule has 1 aliphatic rings. The molecule has 1 fully saturated rings. The summed E-state index contributed by atoms with van der Waals surface area (Å²) in [6.07, 6.45) is 1.78. The van der Waals surface area contributed by atoms with Gasteiger partial charge in [0.05, 0.1) is 26.4 Å². The molecule has 0 unspecified atom stereocenters. The number of hydrogen-bond donors (Lipinski definition) is 1. The fourth-order valence-corrected chi connectivity index (χ4v) is 2.33. The SMILES string of the molecule is COc1cc(OC)c(OC)c(C2(N)CC2)c1Cl. The van der Waals surface area contributed by atoms with Gasteiger partial charge in [-0.2, -0.15) is 0 Å². The number of nitrogens with two attached hydrogens (primary N) is 1. The van der Waals surface area contributed by atoms with Crippen molar-refractivity contribution in [1.29, 1.82) is 0 Å². The topological polar surface area (TPSA) is 53.7 Å². The van der Waals surface area contributed by atoms with Crippen LogP contribution in [0.25, 0.3) is 0 Å². The first-order valence-electron chi connectivity index (χ1n) is 5.35. The summed E-state index contributed by atoms with van der Waals surface area (Å²) in [5.41, 5.74) is 6.58. The van der Waals surface area contributed by atoms with Crippen molar-refractivity contribution in [3.8, 4) is 17.2 Å². The van der Waals surface area contributed by atoms with Crippen molar-refractivity contribution in [2.75, 3.05) is 21.3 Å². The summed E-state index contributed by atoms with van der Waals surface area (Å²) in [4.78, 5) is 0. The van der Waals surface area contributed by atoms with Crippen molar-refractivity contribution in [1.82, 2.24) is 0 Å². The van der Waals surface area contributed by atoms with Gasteiger partial charge >= 0.3 is 0 Å². The molecule has 0 aliphatic heterocycles. The van der Waals surface area contributed by atoms with Gasteiger partial charge in [0, 0.05) is 17.2 Å². The molecule has 1 aliphatic carbocycles. The van der Waals surface area contributed by atoms with Crippen molar-refractivity contribution in [2.45, 2.75) is 18.4 Å². The predicted molar refractivity (Wildman–Crippen MR) is 66.2 cm³/mol. The highest BCUT2D eigenvalue weighted by atomic mass is 35.5. The van der Waals surface area contributed by atoms with Crippen molar-refractivity contribution in [3.63, 3.8) is 0 Å². The van der Waals surface area contributed by atoms with Gasteiger partial charge in [0.1, 0.15) is 5.75 Å². The Morgan fingerprint density at radius 2 is 1.71 bits per heavy atom. The van der Waals surface area contributed by atoms with E-state index in [1.807, 2.05) is 0 Å². The van der Waals surface area contributed by atoms with Crippen LogP contribution < -0.4 is 19.9 Å². The Bertz CT molecular complexity index is 444. The molecule has 17 heavy (non-hydrogen) atoms. The first kappa shape index (κ1) is 12.3. The molecule has 0 atom stereocenters. The summed E-state index contributed by atoms with van der Waals surface area (Å²) in [5.74, 6) is 1.73. The fourth-order valence-electron chi connectivity index (χ4n) is 1.93. The van der Waals surface area contributed by atoms with Crippen molar-refractivity contribution in [3.05, 3.63) is 16.7 Å². The van der Waals surface area contributed by atoms with Gasteiger partial charge in [0.15, 0.2) is 11.5 Å². The third-order valence-corrected chi connectivity index (χ3v) is 3.45. The molecule has 2 N–H and O–H groups in total. The minimum atomic E-state index is -0.412. The zero-order valence-corrected chi connectivity index (χ0v) is 10.9. The van der Waals surface area contributed by atoms with Gasteiger partial charge < -0.3 is 19.9 Å². The van der Waals surface area contributed by atoms with Gasteiger partial charge in [0.2, 0.25) is 0 Å². The second-order valence-electron chi connectivity index (χ2n) is 4.16. The standard InChI is InChI=1S/C12H16ClNO3/c1-15-7-6-8(16-2)11(17-3)9(10(7)13)12(14)4-5-12/h6H,4-5,14H2,1-3H3. The maximum atomic E-state index is 6.31. The lowest BCUT2D eigenvalue weighted by atomic mass is 10.0. The molecule has 94 valence electrons. The average Bonchev–Trinajstić information content (AvgIpc) is 3.07. The smallest absolute Gasteiger partial charge is 0.167 e. The molecule has 0 amide bonds. The van der Waals surface area contributed by atoms with Gasteiger partial charge in [-0.25, -0.2) is 0 Å². The van der Waals surface area contributed by atoms with Gasteiger partial charge in [-0.05, 0) is 12.8 Å². The molecule has 0 heterocycles. The lowest BCUT2D eigenvalue weighted by molar-refractivity contribution is 0.342. The lowest BCUT2D eigenvalue weighted by Crippen LogP contribution is -2.21. The Morgan fingerprint density at radius 3 is 2.12 bits per heavy atom. The van der Waals surface area contributed by atoms with Crippen LogP contribution in [0.3, 0.4) is 0 Å². The minimum absolute atomic E-state index is 0.412. The fraction of sp³-hybridized carbons (Fsp3) is 0.500. The first-order chi connectivity index (χ1) is 8.07. The summed E-state index contributed by atoms with van der Waals surface area (Å²) in [5, 5.41) is 0.505. The van der Waals surface area contributed by atoms with E-state index in [2.05, 4.69) is 0 Å². The average molecular weight is 258 g/mol. The van der Waals surface area contributed by atoms with Crippen LogP contribution in [0.2, 0.25) is 5.02 Å². The summed E-state index contributed by atoms with van der Waals surface area (Å²) >= 11 is 6.31. The van der Waals surface area contributed by atoms with Crippen LogP contribution in [0.15, 0.2) is 6.07 Å². The molecule has 4 nitrogen and oxygen atoms in total. The van der Waals surface area contributed by atoms with Gasteiger partial charge in [-0.3, -0.25) is 0 Å². The zero-order valence-electron chi connectivity index (χ0n) is 10.2. The van der Waals surface area contributed by atoms with Gasteiger partial charge in [0.25, 0.3) is 0 Å². The number of rotatable bonds is 4. The van der Waals surface area contributed by atoms with E-state index in [0.29, 0.717) is 22.3 Å². The second-order valence-corrected chi connectivity index (χ2v) is 4.54. The Hall–Kier alpha value is -1.13. The van der Waals surface area contributed by atoms with Crippen LogP contribution in [0.4, 0.5) is 0 Å². The molecular weight excluding hydrogens is 242 g/mol. The number of ether oxygens (including phenoxy) is 3. The van der Waals surface area contributed by atoms with E-state index < -0.39 is 5.54 Å². The molecule has 0 bridgehead atoms. The van der Waals surface area contributed by atoms with Crippen LogP contribution in [-0.4, -0.2) is 21.3 Å². The van der Waals surface area contributed by atoms with Crippen molar-refractivity contribution in [2.24, 2.45) is 5.73 Å². The predicted octanol–water partition coefficient (Wildman–Crippen LogP) is 2.31. The van der Waals surface area contributed by atoms with Crippen LogP contribution in [0, 0.1) is 0 Å². The molecule has 1 aromatic carbocycles. The lowest BCUT2D eigenvalue weighted by Gasteiger charge is -2.20. The van der Waals surface area contributed by atoms with Crippen molar-refractivity contribution < 1.29 is 14.2 Å². The molecule has 0 spiro atoms. The van der Waals surface area contributed by atoms with Crippen molar-refractivity contribution >= 4 is 11.6 Å². The van der Waals surface area contributed by atoms with Gasteiger partial charge in [-0.1, -0.05) is 11.6 Å². The van der Waals surface area contributed by atoms with Crippen LogP contribution in [0.1, 0.15) is 18.4 Å². The molecule has 0 radical (unpaired) electrons. The third-order valence-electron chi connectivity index (χ3n) is 3.08. The third kappa shape index (κ3) is 1.91. The maximum absolute atomic E-state index is 6.31. The van der Waals surface area contributed by atoms with Crippen LogP contribution in [-0.2, 0) is 5.54 Å². The summed E-state index contributed by atoms with van der Waals surface area (Å²) in [6.45, 7) is 0. The Labute approximate surface area is 106 Å². The quantitative estimate of drug-likeness (QED) is 0.899. The monoisotopic (exact) mass is 257 g/mol. The molecule has 0 aromatic heterocycles. The van der Waals surface area contributed by atoms with E-state index in [1.165, 1.54) is 0 Å². The number of methoxy groups -OCH3 is 3. The number of benzene rings is 1. The van der Waals surface area contributed by atoms with E-state index in [9.17, 15) is 0 Å². The summed E-state index contributed by atoms with van der Waals surface area (Å²) in [7, 11) is 4.72. The van der Waals surface area contributed by atoms with Crippen LogP contribution >= 0.6 is 11.6 Å². The van der Waals surface area contributed by atoms with Gasteiger partial charge in [-0.15, -0.1) is 0 Å². The van der Waals surface area contributed by atoms with E-state index in [4.69, 9.17) is 31.5 Å². The second kappa shape index (κ2) is 4.27.